The number of carboxylic acids is 1. The molecule has 0 amide bonds. The molecule has 1 aliphatic heterocycles. The number of hydrogen-bond donors (Lipinski definition) is 2. The van der Waals surface area contributed by atoms with Gasteiger partial charge in [0.2, 0.25) is 0 Å². The summed E-state index contributed by atoms with van der Waals surface area (Å²) >= 11 is 1.51. The molecule has 2 N–H and O–H groups in total. The van der Waals surface area contributed by atoms with Gasteiger partial charge in [0.15, 0.2) is 0 Å². The average molecular weight is 271 g/mol. The second-order valence-corrected chi connectivity index (χ2v) is 5.45. The summed E-state index contributed by atoms with van der Waals surface area (Å²) in [7, 11) is 0. The van der Waals surface area contributed by atoms with Gasteiger partial charge in [-0.15, -0.1) is 0 Å². The van der Waals surface area contributed by atoms with Gasteiger partial charge in [0.05, 0.1) is 21.8 Å². The Labute approximate surface area is 115 Å². The van der Waals surface area contributed by atoms with Gasteiger partial charge in [-0.05, 0) is 36.2 Å². The molecule has 0 radical (unpaired) electrons. The molecule has 0 fully saturated rings. The molecule has 4 heteroatoms. The highest BCUT2D eigenvalue weighted by Gasteiger charge is 2.22. The quantitative estimate of drug-likeness (QED) is 0.735. The van der Waals surface area contributed by atoms with Gasteiger partial charge in [-0.25, -0.2) is 4.79 Å². The molecule has 2 aromatic carbocycles. The zero-order valence-electron chi connectivity index (χ0n) is 10.4. The fraction of sp³-hybridized carbons (Fsp3) is 0.133. The third kappa shape index (κ3) is 2.08. The first kappa shape index (κ1) is 12.1. The maximum atomic E-state index is 11.4. The van der Waals surface area contributed by atoms with E-state index in [1.165, 1.54) is 11.8 Å². The fourth-order valence-corrected chi connectivity index (χ4v) is 3.24. The zero-order chi connectivity index (χ0) is 13.4. The highest BCUT2D eigenvalue weighted by Crippen LogP contribution is 2.46. The number of rotatable bonds is 2. The molecule has 96 valence electrons. The largest absolute Gasteiger partial charge is 0.478 e. The van der Waals surface area contributed by atoms with Gasteiger partial charge in [-0.2, -0.15) is 0 Å². The lowest BCUT2D eigenvalue weighted by Gasteiger charge is -2.22. The van der Waals surface area contributed by atoms with Crippen molar-refractivity contribution in [3.63, 3.8) is 0 Å². The van der Waals surface area contributed by atoms with Crippen LogP contribution in [0.1, 0.15) is 22.8 Å². The van der Waals surface area contributed by atoms with Crippen LogP contribution in [0.25, 0.3) is 0 Å². The minimum Gasteiger partial charge on any atom is -0.478 e. The first-order chi connectivity index (χ1) is 9.19. The van der Waals surface area contributed by atoms with Crippen LogP contribution in [-0.2, 0) is 6.42 Å². The van der Waals surface area contributed by atoms with Gasteiger partial charge in [0.25, 0.3) is 0 Å². The summed E-state index contributed by atoms with van der Waals surface area (Å²) in [5, 5.41) is 12.7. The molecule has 0 unspecified atom stereocenters. The van der Waals surface area contributed by atoms with Gasteiger partial charge < -0.3 is 10.4 Å². The first-order valence-corrected chi connectivity index (χ1v) is 6.95. The second kappa shape index (κ2) is 4.63. The number of carbonyl (C=O) groups is 1. The Morgan fingerprint density at radius 1 is 1.26 bits per heavy atom. The molecule has 0 aliphatic carbocycles. The highest BCUT2D eigenvalue weighted by atomic mass is 32.2. The molecule has 0 spiro atoms. The zero-order valence-corrected chi connectivity index (χ0v) is 11.3. The van der Waals surface area contributed by atoms with E-state index in [4.69, 9.17) is 0 Å². The molecule has 1 heterocycles. The van der Waals surface area contributed by atoms with Crippen LogP contribution < -0.4 is 5.32 Å². The highest BCUT2D eigenvalue weighted by molar-refractivity contribution is 7.99. The summed E-state index contributed by atoms with van der Waals surface area (Å²) in [6.45, 7) is 2.03. The van der Waals surface area contributed by atoms with Crippen molar-refractivity contribution in [1.82, 2.24) is 0 Å². The minimum atomic E-state index is -0.875. The van der Waals surface area contributed by atoms with E-state index >= 15 is 0 Å². The SMILES string of the molecule is CCc1cc2c(c(C(=O)O)c1)Sc1ccccc1N2. The first-order valence-electron chi connectivity index (χ1n) is 6.13. The number of anilines is 2. The number of hydrogen-bond acceptors (Lipinski definition) is 3. The average Bonchev–Trinajstić information content (AvgIpc) is 2.43. The van der Waals surface area contributed by atoms with E-state index in [0.717, 1.165) is 33.2 Å². The van der Waals surface area contributed by atoms with Crippen LogP contribution >= 0.6 is 11.8 Å². The minimum absolute atomic E-state index is 0.376. The van der Waals surface area contributed by atoms with Crippen molar-refractivity contribution < 1.29 is 9.90 Å². The molecule has 0 atom stereocenters. The van der Waals surface area contributed by atoms with Crippen LogP contribution in [0.4, 0.5) is 11.4 Å². The molecule has 3 nitrogen and oxygen atoms in total. The van der Waals surface area contributed by atoms with Crippen molar-refractivity contribution in [3.8, 4) is 0 Å². The van der Waals surface area contributed by atoms with Gasteiger partial charge in [-0.3, -0.25) is 0 Å². The van der Waals surface area contributed by atoms with Gasteiger partial charge in [0.1, 0.15) is 0 Å². The Hall–Kier alpha value is -1.94. The maximum absolute atomic E-state index is 11.4. The van der Waals surface area contributed by atoms with Gasteiger partial charge >= 0.3 is 5.97 Å². The van der Waals surface area contributed by atoms with Crippen molar-refractivity contribution in [3.05, 3.63) is 47.5 Å². The predicted molar refractivity (Wildman–Crippen MR) is 76.6 cm³/mol. The maximum Gasteiger partial charge on any atom is 0.336 e. The van der Waals surface area contributed by atoms with Crippen molar-refractivity contribution in [2.75, 3.05) is 5.32 Å². The van der Waals surface area contributed by atoms with E-state index in [1.807, 2.05) is 37.3 Å². The standard InChI is InChI=1S/C15H13NO2S/c1-2-9-7-10(15(17)18)14-12(8-9)16-11-5-3-4-6-13(11)19-14/h3-8,16H,2H2,1H3,(H,17,18). The van der Waals surface area contributed by atoms with Crippen LogP contribution in [0.15, 0.2) is 46.2 Å². The summed E-state index contributed by atoms with van der Waals surface area (Å²) in [6, 6.07) is 11.7. The molecule has 19 heavy (non-hydrogen) atoms. The summed E-state index contributed by atoms with van der Waals surface area (Å²) in [5.41, 5.74) is 3.33. The Morgan fingerprint density at radius 2 is 2.05 bits per heavy atom. The van der Waals surface area contributed by atoms with Crippen molar-refractivity contribution in [2.24, 2.45) is 0 Å². The van der Waals surface area contributed by atoms with E-state index in [2.05, 4.69) is 5.32 Å². The molecule has 0 bridgehead atoms. The van der Waals surface area contributed by atoms with Crippen LogP contribution in [0.3, 0.4) is 0 Å². The Balaban J connectivity index is 2.16. The number of fused-ring (bicyclic) bond motifs is 2. The summed E-state index contributed by atoms with van der Waals surface area (Å²) in [4.78, 5) is 13.3. The Kier molecular flexibility index (Phi) is 2.95. The van der Waals surface area contributed by atoms with Crippen LogP contribution in [0.2, 0.25) is 0 Å². The van der Waals surface area contributed by atoms with Crippen molar-refractivity contribution in [1.29, 1.82) is 0 Å². The van der Waals surface area contributed by atoms with E-state index in [-0.39, 0.29) is 0 Å². The summed E-state index contributed by atoms with van der Waals surface area (Å²) < 4.78 is 0. The fourth-order valence-electron chi connectivity index (χ4n) is 2.17. The van der Waals surface area contributed by atoms with Crippen molar-refractivity contribution >= 4 is 29.1 Å². The molecule has 1 aliphatic rings. The summed E-state index contributed by atoms with van der Waals surface area (Å²) in [5.74, 6) is -0.875. The van der Waals surface area contributed by atoms with Gasteiger partial charge in [0, 0.05) is 4.90 Å². The molecule has 0 aromatic heterocycles. The Morgan fingerprint density at radius 3 is 2.79 bits per heavy atom. The van der Waals surface area contributed by atoms with Crippen LogP contribution in [-0.4, -0.2) is 11.1 Å². The normalized spacial score (nSPS) is 12.3. The molecular formula is C15H13NO2S. The number of aromatic carboxylic acids is 1. The van der Waals surface area contributed by atoms with Gasteiger partial charge in [-0.1, -0.05) is 30.8 Å². The predicted octanol–water partition coefficient (Wildman–Crippen LogP) is 4.16. The van der Waals surface area contributed by atoms with Crippen LogP contribution in [0, 0.1) is 0 Å². The Bertz CT molecular complexity index is 667. The molecular weight excluding hydrogens is 258 g/mol. The number of carboxylic acid groups (broad SMARTS) is 1. The molecule has 0 saturated heterocycles. The van der Waals surface area contributed by atoms with E-state index < -0.39 is 5.97 Å². The third-order valence-electron chi connectivity index (χ3n) is 3.16. The van der Waals surface area contributed by atoms with E-state index in [9.17, 15) is 9.90 Å². The smallest absolute Gasteiger partial charge is 0.336 e. The third-order valence-corrected chi connectivity index (χ3v) is 4.38. The number of benzene rings is 2. The van der Waals surface area contributed by atoms with Crippen molar-refractivity contribution in [2.45, 2.75) is 23.1 Å². The number of aryl methyl sites for hydroxylation is 1. The van der Waals surface area contributed by atoms with E-state index in [1.54, 1.807) is 6.07 Å². The lowest BCUT2D eigenvalue weighted by atomic mass is 10.1. The second-order valence-electron chi connectivity index (χ2n) is 4.40. The number of nitrogens with one attached hydrogen (secondary N) is 1. The molecule has 2 aromatic rings. The topological polar surface area (TPSA) is 49.3 Å². The monoisotopic (exact) mass is 271 g/mol. The number of para-hydroxylation sites is 1. The lowest BCUT2D eigenvalue weighted by molar-refractivity contribution is 0.0693. The van der Waals surface area contributed by atoms with E-state index in [0.29, 0.717) is 5.56 Å². The van der Waals surface area contributed by atoms with Crippen LogP contribution in [0.5, 0.6) is 0 Å². The molecule has 0 saturated carbocycles. The lowest BCUT2D eigenvalue weighted by Crippen LogP contribution is -2.07. The molecule has 3 rings (SSSR count). The summed E-state index contributed by atoms with van der Waals surface area (Å²) in [6.07, 6.45) is 0.821.